The summed E-state index contributed by atoms with van der Waals surface area (Å²) in [5, 5.41) is 15.6. The van der Waals surface area contributed by atoms with E-state index in [-0.39, 0.29) is 23.0 Å². The van der Waals surface area contributed by atoms with Gasteiger partial charge in [-0.15, -0.1) is 5.10 Å². The lowest BCUT2D eigenvalue weighted by atomic mass is 10.1. The van der Waals surface area contributed by atoms with Crippen LogP contribution in [-0.4, -0.2) is 37.8 Å². The molecule has 0 aliphatic carbocycles. The molecule has 9 heteroatoms. The van der Waals surface area contributed by atoms with Crippen LogP contribution in [-0.2, 0) is 6.42 Å². The first-order valence-corrected chi connectivity index (χ1v) is 6.88. The van der Waals surface area contributed by atoms with Crippen LogP contribution in [0.3, 0.4) is 0 Å². The quantitative estimate of drug-likeness (QED) is 0.556. The summed E-state index contributed by atoms with van der Waals surface area (Å²) in [6.45, 7) is 0.329. The Balaban J connectivity index is 1.69. The summed E-state index contributed by atoms with van der Waals surface area (Å²) in [4.78, 5) is 16.2. The van der Waals surface area contributed by atoms with E-state index >= 15 is 0 Å². The highest BCUT2D eigenvalue weighted by Crippen LogP contribution is 2.23. The van der Waals surface area contributed by atoms with Gasteiger partial charge in [0.05, 0.1) is 17.5 Å². The molecule has 1 aromatic carbocycles. The number of amides is 1. The summed E-state index contributed by atoms with van der Waals surface area (Å²) in [6, 6.07) is 6.18. The molecule has 0 aliphatic heterocycles. The van der Waals surface area contributed by atoms with Crippen molar-refractivity contribution in [2.75, 3.05) is 12.3 Å². The molecule has 0 aliphatic rings. The molecular weight excluding hydrogens is 301 g/mol. The van der Waals surface area contributed by atoms with Crippen molar-refractivity contribution in [2.24, 2.45) is 0 Å². The monoisotopic (exact) mass is 315 g/mol. The maximum absolute atomic E-state index is 13.9. The summed E-state index contributed by atoms with van der Waals surface area (Å²) in [5.74, 6) is -0.0558. The van der Waals surface area contributed by atoms with Crippen molar-refractivity contribution in [2.45, 2.75) is 6.42 Å². The van der Waals surface area contributed by atoms with Gasteiger partial charge in [0.2, 0.25) is 5.95 Å². The summed E-state index contributed by atoms with van der Waals surface area (Å²) in [5.41, 5.74) is 6.30. The largest absolute Gasteiger partial charge is 0.367 e. The average Bonchev–Trinajstić information content (AvgIpc) is 3.17. The van der Waals surface area contributed by atoms with E-state index in [1.807, 2.05) is 0 Å². The smallest absolute Gasteiger partial charge is 0.255 e. The Bertz CT molecular complexity index is 826. The van der Waals surface area contributed by atoms with E-state index in [9.17, 15) is 9.18 Å². The summed E-state index contributed by atoms with van der Waals surface area (Å²) >= 11 is 0. The second kappa shape index (κ2) is 6.26. The van der Waals surface area contributed by atoms with E-state index in [4.69, 9.17) is 5.73 Å². The Morgan fingerprint density at radius 1 is 1.30 bits per heavy atom. The lowest BCUT2D eigenvalue weighted by Crippen LogP contribution is -2.26. The number of nitrogen functional groups attached to an aromatic ring is 1. The topological polar surface area (TPSA) is 125 Å². The normalized spacial score (nSPS) is 10.7. The highest BCUT2D eigenvalue weighted by Gasteiger charge is 2.17. The predicted molar refractivity (Wildman–Crippen MR) is 80.8 cm³/mol. The van der Waals surface area contributed by atoms with Gasteiger partial charge in [0.15, 0.2) is 0 Å². The summed E-state index contributed by atoms with van der Waals surface area (Å²) in [6.07, 6.45) is 1.81. The molecule has 2 aromatic heterocycles. The van der Waals surface area contributed by atoms with Gasteiger partial charge in [-0.1, -0.05) is 12.1 Å². The molecule has 0 saturated carbocycles. The van der Waals surface area contributed by atoms with Crippen LogP contribution >= 0.6 is 0 Å². The number of hydrogen-bond donors (Lipinski definition) is 4. The number of halogens is 1. The second-order valence-corrected chi connectivity index (χ2v) is 4.78. The number of hydrogen-bond acceptors (Lipinski definition) is 5. The second-order valence-electron chi connectivity index (χ2n) is 4.78. The van der Waals surface area contributed by atoms with E-state index < -0.39 is 5.82 Å². The molecule has 5 N–H and O–H groups in total. The lowest BCUT2D eigenvalue weighted by molar-refractivity contribution is 0.0954. The molecule has 0 radical (unpaired) electrons. The Morgan fingerprint density at radius 2 is 2.13 bits per heavy atom. The van der Waals surface area contributed by atoms with E-state index in [1.165, 1.54) is 12.3 Å². The number of carbonyl (C=O) groups is 1. The van der Waals surface area contributed by atoms with Crippen molar-refractivity contribution in [3.63, 3.8) is 0 Å². The molecule has 0 fully saturated rings. The number of nitrogens with two attached hydrogens (primary N) is 1. The highest BCUT2D eigenvalue weighted by atomic mass is 19.1. The van der Waals surface area contributed by atoms with Gasteiger partial charge in [-0.05, 0) is 12.1 Å². The third-order valence-corrected chi connectivity index (χ3v) is 3.22. The zero-order chi connectivity index (χ0) is 16.2. The molecule has 0 saturated heterocycles. The van der Waals surface area contributed by atoms with Crippen molar-refractivity contribution < 1.29 is 9.18 Å². The Morgan fingerprint density at radius 3 is 2.87 bits per heavy atom. The molecule has 0 spiro atoms. The van der Waals surface area contributed by atoms with Gasteiger partial charge < -0.3 is 11.1 Å². The number of anilines is 1. The van der Waals surface area contributed by atoms with Gasteiger partial charge in [-0.3, -0.25) is 15.0 Å². The van der Waals surface area contributed by atoms with Crippen LogP contribution in [0.15, 0.2) is 30.5 Å². The first-order chi connectivity index (χ1) is 11.1. The van der Waals surface area contributed by atoms with E-state index in [0.29, 0.717) is 24.5 Å². The van der Waals surface area contributed by atoms with Crippen LogP contribution < -0.4 is 11.1 Å². The van der Waals surface area contributed by atoms with Crippen molar-refractivity contribution >= 4 is 11.9 Å². The molecular formula is C14H14FN7O. The number of rotatable bonds is 5. The van der Waals surface area contributed by atoms with Gasteiger partial charge >= 0.3 is 0 Å². The molecule has 3 aromatic rings. The fourth-order valence-corrected chi connectivity index (χ4v) is 2.14. The lowest BCUT2D eigenvalue weighted by Gasteiger charge is -2.05. The van der Waals surface area contributed by atoms with Gasteiger partial charge in [-0.2, -0.15) is 10.1 Å². The number of carbonyl (C=O) groups excluding carboxylic acids is 1. The number of nitrogens with one attached hydrogen (secondary N) is 3. The molecule has 118 valence electrons. The van der Waals surface area contributed by atoms with Crippen LogP contribution in [0, 0.1) is 5.82 Å². The van der Waals surface area contributed by atoms with E-state index in [1.54, 1.807) is 18.2 Å². The minimum Gasteiger partial charge on any atom is -0.367 e. The molecule has 23 heavy (non-hydrogen) atoms. The van der Waals surface area contributed by atoms with E-state index in [2.05, 4.69) is 30.7 Å². The first-order valence-electron chi connectivity index (χ1n) is 6.88. The number of benzene rings is 1. The maximum Gasteiger partial charge on any atom is 0.255 e. The third-order valence-electron chi connectivity index (χ3n) is 3.22. The Labute approximate surface area is 130 Å². The standard InChI is InChI=1S/C14H14FN7O/c15-10-4-2-1-3-8(10)12-9(7-18-21-12)13(23)17-6-5-11-19-14(16)22-20-11/h1-4,7H,5-6H2,(H,17,23)(H,18,21)(H3,16,19,20,22). The molecule has 0 atom stereocenters. The maximum atomic E-state index is 13.9. The van der Waals surface area contributed by atoms with Crippen LogP contribution in [0.1, 0.15) is 16.2 Å². The van der Waals surface area contributed by atoms with Crippen LogP contribution in [0.25, 0.3) is 11.3 Å². The molecule has 3 rings (SSSR count). The van der Waals surface area contributed by atoms with Crippen LogP contribution in [0.2, 0.25) is 0 Å². The van der Waals surface area contributed by atoms with Crippen molar-refractivity contribution in [1.82, 2.24) is 30.7 Å². The van der Waals surface area contributed by atoms with Crippen molar-refractivity contribution in [1.29, 1.82) is 0 Å². The number of nitrogens with zero attached hydrogens (tertiary/aromatic N) is 3. The Kier molecular flexibility index (Phi) is 4.00. The number of H-pyrrole nitrogens is 2. The predicted octanol–water partition coefficient (Wildman–Crippen LogP) is 0.889. The summed E-state index contributed by atoms with van der Waals surface area (Å²) in [7, 11) is 0. The van der Waals surface area contributed by atoms with Gasteiger partial charge in [-0.25, -0.2) is 4.39 Å². The zero-order valence-electron chi connectivity index (χ0n) is 12.0. The first kappa shape index (κ1) is 14.7. The average molecular weight is 315 g/mol. The molecule has 2 heterocycles. The van der Waals surface area contributed by atoms with Crippen molar-refractivity contribution in [3.8, 4) is 11.3 Å². The van der Waals surface area contributed by atoms with Gasteiger partial charge in [0.25, 0.3) is 5.91 Å². The summed E-state index contributed by atoms with van der Waals surface area (Å²) < 4.78 is 13.9. The minimum atomic E-state index is -0.428. The molecule has 1 amide bonds. The van der Waals surface area contributed by atoms with E-state index in [0.717, 1.165) is 0 Å². The van der Waals surface area contributed by atoms with Gasteiger partial charge in [0, 0.05) is 18.5 Å². The molecule has 0 bridgehead atoms. The number of aromatic nitrogens is 5. The third kappa shape index (κ3) is 3.18. The van der Waals surface area contributed by atoms with Crippen LogP contribution in [0.4, 0.5) is 10.3 Å². The fraction of sp³-hybridized carbons (Fsp3) is 0.143. The van der Waals surface area contributed by atoms with Gasteiger partial charge in [0.1, 0.15) is 11.6 Å². The minimum absolute atomic E-state index is 0.156. The fourth-order valence-electron chi connectivity index (χ4n) is 2.14. The SMILES string of the molecule is Nc1n[nH]c(CCNC(=O)c2cn[nH]c2-c2ccccc2F)n1. The zero-order valence-corrected chi connectivity index (χ0v) is 12.0. The molecule has 0 unspecified atom stereocenters. The number of aromatic amines is 2. The van der Waals surface area contributed by atoms with Crippen LogP contribution in [0.5, 0.6) is 0 Å². The highest BCUT2D eigenvalue weighted by molar-refractivity contribution is 5.99. The van der Waals surface area contributed by atoms with Crippen molar-refractivity contribution in [3.05, 3.63) is 47.7 Å². The Hall–Kier alpha value is -3.23. The molecule has 8 nitrogen and oxygen atoms in total.